The van der Waals surface area contributed by atoms with Gasteiger partial charge in [-0.2, -0.15) is 0 Å². The Bertz CT molecular complexity index is 794. The van der Waals surface area contributed by atoms with Gasteiger partial charge in [-0.3, -0.25) is 0 Å². The molecule has 0 radical (unpaired) electrons. The van der Waals surface area contributed by atoms with E-state index in [-0.39, 0.29) is 0 Å². The van der Waals surface area contributed by atoms with Crippen molar-refractivity contribution in [3.63, 3.8) is 0 Å². The van der Waals surface area contributed by atoms with E-state index in [0.717, 1.165) is 11.0 Å². The fourth-order valence-electron chi connectivity index (χ4n) is 3.34. The van der Waals surface area contributed by atoms with E-state index in [4.69, 9.17) is 4.98 Å². The van der Waals surface area contributed by atoms with Crippen LogP contribution in [0.25, 0.3) is 21.8 Å². The summed E-state index contributed by atoms with van der Waals surface area (Å²) in [6.45, 7) is 4.72. The molecular weight excluding hydrogens is 270 g/mol. The summed E-state index contributed by atoms with van der Waals surface area (Å²) < 4.78 is 0. The lowest BCUT2D eigenvalue weighted by molar-refractivity contribution is 0.618. The van der Waals surface area contributed by atoms with Gasteiger partial charge in [0.2, 0.25) is 0 Å². The number of nitrogens with zero attached hydrogens (tertiary/aromatic N) is 3. The van der Waals surface area contributed by atoms with Crippen LogP contribution in [-0.2, 0) is 0 Å². The lowest BCUT2D eigenvalue weighted by Gasteiger charge is -2.33. The van der Waals surface area contributed by atoms with Gasteiger partial charge >= 0.3 is 0 Å². The molecule has 3 nitrogen and oxygen atoms in total. The van der Waals surface area contributed by atoms with Gasteiger partial charge in [-0.15, -0.1) is 0 Å². The van der Waals surface area contributed by atoms with Crippen molar-refractivity contribution in [1.29, 1.82) is 0 Å². The first-order valence-electron chi connectivity index (χ1n) is 8.21. The second-order valence-electron chi connectivity index (χ2n) is 6.42. The van der Waals surface area contributed by atoms with E-state index in [1.807, 2.05) is 0 Å². The minimum absolute atomic E-state index is 1.11. The van der Waals surface area contributed by atoms with Gasteiger partial charge < -0.3 is 9.80 Å². The van der Waals surface area contributed by atoms with Crippen LogP contribution < -0.4 is 9.80 Å². The molecule has 1 aromatic heterocycles. The molecule has 2 saturated heterocycles. The SMILES string of the molecule is c1cc2cc3ccc(N4CCC4)cc3nc2cc1N1CCC1. The molecule has 0 spiro atoms. The van der Waals surface area contributed by atoms with Crippen LogP contribution in [0.1, 0.15) is 12.8 Å². The molecule has 5 rings (SSSR count). The van der Waals surface area contributed by atoms with E-state index in [2.05, 4.69) is 52.3 Å². The van der Waals surface area contributed by atoms with Crippen molar-refractivity contribution >= 4 is 33.2 Å². The molecule has 22 heavy (non-hydrogen) atoms. The molecule has 0 amide bonds. The van der Waals surface area contributed by atoms with Gasteiger partial charge in [0.25, 0.3) is 0 Å². The Morgan fingerprint density at radius 2 is 1.14 bits per heavy atom. The van der Waals surface area contributed by atoms with Crippen LogP contribution in [0.2, 0.25) is 0 Å². The summed E-state index contributed by atoms with van der Waals surface area (Å²) in [6.07, 6.45) is 2.62. The molecule has 0 bridgehead atoms. The zero-order chi connectivity index (χ0) is 14.5. The lowest BCUT2D eigenvalue weighted by atomic mass is 10.1. The topological polar surface area (TPSA) is 19.4 Å². The second kappa shape index (κ2) is 4.60. The summed E-state index contributed by atoms with van der Waals surface area (Å²) in [5, 5.41) is 2.46. The molecule has 2 aliphatic rings. The molecule has 0 N–H and O–H groups in total. The minimum Gasteiger partial charge on any atom is -0.371 e. The van der Waals surface area contributed by atoms with Crippen molar-refractivity contribution in [3.05, 3.63) is 42.5 Å². The highest BCUT2D eigenvalue weighted by Crippen LogP contribution is 2.29. The molecular formula is C19H19N3. The van der Waals surface area contributed by atoms with Crippen LogP contribution in [0.4, 0.5) is 11.4 Å². The summed E-state index contributed by atoms with van der Waals surface area (Å²) in [7, 11) is 0. The van der Waals surface area contributed by atoms with Gasteiger partial charge in [0.15, 0.2) is 0 Å². The minimum atomic E-state index is 1.11. The maximum Gasteiger partial charge on any atom is 0.0730 e. The van der Waals surface area contributed by atoms with Gasteiger partial charge in [-0.05, 0) is 43.2 Å². The van der Waals surface area contributed by atoms with E-state index in [1.54, 1.807) is 0 Å². The maximum atomic E-state index is 4.93. The predicted octanol–water partition coefficient (Wildman–Crippen LogP) is 3.81. The second-order valence-corrected chi connectivity index (χ2v) is 6.42. The van der Waals surface area contributed by atoms with E-state index < -0.39 is 0 Å². The monoisotopic (exact) mass is 289 g/mol. The highest BCUT2D eigenvalue weighted by molar-refractivity contribution is 5.95. The summed E-state index contributed by atoms with van der Waals surface area (Å²) in [5.74, 6) is 0. The first-order valence-corrected chi connectivity index (χ1v) is 8.21. The molecule has 2 fully saturated rings. The average molecular weight is 289 g/mol. The fraction of sp³-hybridized carbons (Fsp3) is 0.316. The Morgan fingerprint density at radius 1 is 0.636 bits per heavy atom. The van der Waals surface area contributed by atoms with E-state index >= 15 is 0 Å². The zero-order valence-corrected chi connectivity index (χ0v) is 12.6. The third-order valence-electron chi connectivity index (χ3n) is 5.02. The Morgan fingerprint density at radius 3 is 1.55 bits per heavy atom. The largest absolute Gasteiger partial charge is 0.371 e. The van der Waals surface area contributed by atoms with Crippen LogP contribution in [0.3, 0.4) is 0 Å². The van der Waals surface area contributed by atoms with Crippen molar-refractivity contribution in [2.45, 2.75) is 12.8 Å². The molecule has 0 unspecified atom stereocenters. The van der Waals surface area contributed by atoms with Crippen LogP contribution >= 0.6 is 0 Å². The van der Waals surface area contributed by atoms with Gasteiger partial charge in [0, 0.05) is 48.3 Å². The molecule has 3 aromatic rings. The molecule has 2 aliphatic heterocycles. The standard InChI is InChI=1S/C19H19N3/c1-7-21(8-1)16-5-3-14-11-15-4-6-17(22-9-2-10-22)13-19(15)20-18(14)12-16/h3-6,11-13H,1-2,7-10H2. The molecule has 0 saturated carbocycles. The van der Waals surface area contributed by atoms with Gasteiger partial charge in [-0.1, -0.05) is 12.1 Å². The van der Waals surface area contributed by atoms with Crippen LogP contribution in [0, 0.1) is 0 Å². The van der Waals surface area contributed by atoms with Gasteiger partial charge in [-0.25, -0.2) is 4.98 Å². The van der Waals surface area contributed by atoms with E-state index in [1.165, 1.54) is 61.2 Å². The van der Waals surface area contributed by atoms with Gasteiger partial charge in [0.05, 0.1) is 11.0 Å². The third kappa shape index (κ3) is 1.85. The molecule has 2 aromatic carbocycles. The Balaban J connectivity index is 1.64. The summed E-state index contributed by atoms with van der Waals surface area (Å²) in [5.41, 5.74) is 4.84. The van der Waals surface area contributed by atoms with E-state index in [9.17, 15) is 0 Å². The number of benzene rings is 2. The number of hydrogen-bond acceptors (Lipinski definition) is 3. The zero-order valence-electron chi connectivity index (χ0n) is 12.6. The first kappa shape index (κ1) is 12.3. The molecule has 0 aliphatic carbocycles. The smallest absolute Gasteiger partial charge is 0.0730 e. The van der Waals surface area contributed by atoms with E-state index in [0.29, 0.717) is 0 Å². The summed E-state index contributed by atoms with van der Waals surface area (Å²) in [6, 6.07) is 15.6. The summed E-state index contributed by atoms with van der Waals surface area (Å²) in [4.78, 5) is 9.76. The highest BCUT2D eigenvalue weighted by atomic mass is 15.2. The quantitative estimate of drug-likeness (QED) is 0.669. The predicted molar refractivity (Wildman–Crippen MR) is 92.9 cm³/mol. The van der Waals surface area contributed by atoms with Crippen molar-refractivity contribution < 1.29 is 0 Å². The normalized spacial score (nSPS) is 17.6. The van der Waals surface area contributed by atoms with Crippen LogP contribution in [0.15, 0.2) is 42.5 Å². The van der Waals surface area contributed by atoms with Crippen molar-refractivity contribution in [2.24, 2.45) is 0 Å². The van der Waals surface area contributed by atoms with Gasteiger partial charge in [0.1, 0.15) is 0 Å². The highest BCUT2D eigenvalue weighted by Gasteiger charge is 2.16. The average Bonchev–Trinajstić information content (AvgIpc) is 2.41. The molecule has 3 heteroatoms. The van der Waals surface area contributed by atoms with Crippen molar-refractivity contribution in [2.75, 3.05) is 36.0 Å². The molecule has 3 heterocycles. The Hall–Kier alpha value is -2.29. The number of hydrogen-bond donors (Lipinski definition) is 0. The Kier molecular flexibility index (Phi) is 2.57. The first-order chi connectivity index (χ1) is 10.9. The lowest BCUT2D eigenvalue weighted by Crippen LogP contribution is -2.36. The van der Waals surface area contributed by atoms with Crippen molar-refractivity contribution in [1.82, 2.24) is 4.98 Å². The number of aromatic nitrogens is 1. The summed E-state index contributed by atoms with van der Waals surface area (Å²) >= 11 is 0. The third-order valence-corrected chi connectivity index (χ3v) is 5.02. The number of fused-ring (bicyclic) bond motifs is 2. The number of pyridine rings is 1. The maximum absolute atomic E-state index is 4.93. The molecule has 110 valence electrons. The van der Waals surface area contributed by atoms with Crippen LogP contribution in [0.5, 0.6) is 0 Å². The Labute approximate surface area is 130 Å². The van der Waals surface area contributed by atoms with Crippen molar-refractivity contribution in [3.8, 4) is 0 Å². The number of rotatable bonds is 2. The fourth-order valence-corrected chi connectivity index (χ4v) is 3.34. The van der Waals surface area contributed by atoms with Crippen LogP contribution in [-0.4, -0.2) is 31.2 Å². The number of anilines is 2. The molecule has 0 atom stereocenters.